The van der Waals surface area contributed by atoms with Crippen molar-refractivity contribution in [3.8, 4) is 33.4 Å². The Kier molecular flexibility index (Phi) is 7.88. The van der Waals surface area contributed by atoms with E-state index in [4.69, 9.17) is 14.4 Å². The lowest BCUT2D eigenvalue weighted by Crippen LogP contribution is -2.05. The van der Waals surface area contributed by atoms with E-state index in [1.54, 1.807) is 0 Å². The van der Waals surface area contributed by atoms with Gasteiger partial charge in [0, 0.05) is 28.3 Å². The fourth-order valence-corrected chi connectivity index (χ4v) is 7.68. The number of nitrogens with zero attached hydrogens (tertiary/aromatic N) is 2. The molecule has 3 heteroatoms. The lowest BCUT2D eigenvalue weighted by molar-refractivity contribution is 0.670. The third-order valence-corrected chi connectivity index (χ3v) is 10.4. The van der Waals surface area contributed by atoms with Crippen molar-refractivity contribution >= 4 is 50.0 Å². The summed E-state index contributed by atoms with van der Waals surface area (Å²) in [5.41, 5.74) is 13.5. The number of rotatable bonds is 6. The monoisotopic (exact) mass is 690 g/mol. The summed E-state index contributed by atoms with van der Waals surface area (Å²) < 4.78 is 6.73. The van der Waals surface area contributed by atoms with Crippen LogP contribution < -0.4 is 0 Å². The molecule has 1 aliphatic rings. The van der Waals surface area contributed by atoms with Crippen molar-refractivity contribution in [3.05, 3.63) is 211 Å². The molecule has 0 saturated heterocycles. The zero-order valence-corrected chi connectivity index (χ0v) is 29.5. The standard InChI is InChI=1S/C51H34N2O/c1-3-12-34(13-4-1)35-22-28-40(29-23-35)47-33-32-46(39-15-5-2-6-16-39)52-51(53-47)45-31-30-43(50-49(45)44-19-9-10-21-48(44)54-50)38-26-24-37(25-27-38)42-20-11-17-36-14-7-8-18-41(36)42/h1-31,33H,32H2. The van der Waals surface area contributed by atoms with E-state index in [0.29, 0.717) is 12.3 Å². The van der Waals surface area contributed by atoms with E-state index in [0.717, 1.165) is 61.2 Å². The molecule has 0 radical (unpaired) electrons. The number of hydrogen-bond acceptors (Lipinski definition) is 3. The maximum atomic E-state index is 6.73. The second kappa shape index (κ2) is 13.5. The lowest BCUT2D eigenvalue weighted by Gasteiger charge is -2.11. The fraction of sp³-hybridized carbons (Fsp3) is 0.0196. The topological polar surface area (TPSA) is 37.9 Å². The molecular weight excluding hydrogens is 657 g/mol. The molecule has 254 valence electrons. The van der Waals surface area contributed by atoms with Crippen molar-refractivity contribution in [2.45, 2.75) is 6.42 Å². The van der Waals surface area contributed by atoms with Gasteiger partial charge in [-0.2, -0.15) is 0 Å². The Bertz CT molecular complexity index is 2910. The summed E-state index contributed by atoms with van der Waals surface area (Å²) in [5.74, 6) is 0.666. The molecule has 0 saturated carbocycles. The minimum atomic E-state index is 0.656. The van der Waals surface area contributed by atoms with Crippen LogP contribution in [0.3, 0.4) is 0 Å². The van der Waals surface area contributed by atoms with Gasteiger partial charge in [0.2, 0.25) is 0 Å². The minimum absolute atomic E-state index is 0.656. The largest absolute Gasteiger partial charge is 0.455 e. The maximum absolute atomic E-state index is 6.73. The molecule has 8 aromatic carbocycles. The highest BCUT2D eigenvalue weighted by Gasteiger charge is 2.21. The van der Waals surface area contributed by atoms with Crippen molar-refractivity contribution in [2.75, 3.05) is 0 Å². The number of furan rings is 1. The first kappa shape index (κ1) is 31.6. The number of allylic oxidation sites excluding steroid dienone is 1. The molecule has 54 heavy (non-hydrogen) atoms. The van der Waals surface area contributed by atoms with Gasteiger partial charge in [-0.15, -0.1) is 0 Å². The molecule has 0 spiro atoms. The van der Waals surface area contributed by atoms with Gasteiger partial charge >= 0.3 is 0 Å². The molecule has 1 aromatic heterocycles. The molecule has 0 amide bonds. The van der Waals surface area contributed by atoms with Gasteiger partial charge in [-0.05, 0) is 67.9 Å². The van der Waals surface area contributed by atoms with E-state index in [2.05, 4.69) is 170 Å². The van der Waals surface area contributed by atoms with E-state index >= 15 is 0 Å². The molecule has 2 heterocycles. The number of amidine groups is 1. The molecule has 9 aromatic rings. The van der Waals surface area contributed by atoms with E-state index in [1.165, 1.54) is 33.0 Å². The van der Waals surface area contributed by atoms with Crippen LogP contribution >= 0.6 is 0 Å². The first-order chi connectivity index (χ1) is 26.8. The number of para-hydroxylation sites is 1. The third kappa shape index (κ3) is 5.73. The Morgan fingerprint density at radius 1 is 0.389 bits per heavy atom. The maximum Gasteiger partial charge on any atom is 0.160 e. The smallest absolute Gasteiger partial charge is 0.160 e. The molecule has 0 atom stereocenters. The van der Waals surface area contributed by atoms with Gasteiger partial charge in [0.25, 0.3) is 0 Å². The van der Waals surface area contributed by atoms with Gasteiger partial charge in [0.05, 0.1) is 11.4 Å². The third-order valence-electron chi connectivity index (χ3n) is 10.4. The Morgan fingerprint density at radius 2 is 0.963 bits per heavy atom. The highest BCUT2D eigenvalue weighted by Crippen LogP contribution is 2.40. The first-order valence-electron chi connectivity index (χ1n) is 18.4. The van der Waals surface area contributed by atoms with Crippen LogP contribution in [-0.2, 0) is 0 Å². The summed E-state index contributed by atoms with van der Waals surface area (Å²) in [5, 5.41) is 4.53. The minimum Gasteiger partial charge on any atom is -0.455 e. The number of fused-ring (bicyclic) bond motifs is 4. The first-order valence-corrected chi connectivity index (χ1v) is 18.4. The van der Waals surface area contributed by atoms with Crippen LogP contribution in [0.15, 0.2) is 209 Å². The average molecular weight is 691 g/mol. The van der Waals surface area contributed by atoms with E-state index in [-0.39, 0.29) is 0 Å². The predicted molar refractivity (Wildman–Crippen MR) is 226 cm³/mol. The quantitative estimate of drug-likeness (QED) is 0.171. The van der Waals surface area contributed by atoms with Gasteiger partial charge in [0.15, 0.2) is 5.84 Å². The normalized spacial score (nSPS) is 13.1. The average Bonchev–Trinajstić information content (AvgIpc) is 3.50. The zero-order chi connectivity index (χ0) is 35.8. The van der Waals surface area contributed by atoms with Crippen molar-refractivity contribution in [2.24, 2.45) is 9.98 Å². The summed E-state index contributed by atoms with van der Waals surface area (Å²) >= 11 is 0. The van der Waals surface area contributed by atoms with Crippen LogP contribution in [0.25, 0.3) is 71.8 Å². The van der Waals surface area contributed by atoms with Crippen LogP contribution in [0.2, 0.25) is 0 Å². The molecule has 3 nitrogen and oxygen atoms in total. The molecule has 0 aliphatic carbocycles. The van der Waals surface area contributed by atoms with Gasteiger partial charge in [-0.25, -0.2) is 9.98 Å². The van der Waals surface area contributed by atoms with Crippen molar-refractivity contribution < 1.29 is 4.42 Å². The summed E-state index contributed by atoms with van der Waals surface area (Å²) in [6, 6.07) is 66.0. The highest BCUT2D eigenvalue weighted by atomic mass is 16.3. The molecule has 0 unspecified atom stereocenters. The Hall–Kier alpha value is -7.10. The number of hydrogen-bond donors (Lipinski definition) is 0. The molecule has 0 bridgehead atoms. The van der Waals surface area contributed by atoms with Gasteiger partial charge in [0.1, 0.15) is 11.2 Å². The number of aliphatic imine (C=N–C) groups is 2. The van der Waals surface area contributed by atoms with E-state index in [9.17, 15) is 0 Å². The Balaban J connectivity index is 1.11. The van der Waals surface area contributed by atoms with Gasteiger partial charge < -0.3 is 4.42 Å². The van der Waals surface area contributed by atoms with E-state index < -0.39 is 0 Å². The number of benzene rings is 8. The lowest BCUT2D eigenvalue weighted by atomic mass is 9.94. The molecular formula is C51H34N2O. The molecule has 1 aliphatic heterocycles. The molecule has 10 rings (SSSR count). The molecule has 0 fully saturated rings. The van der Waals surface area contributed by atoms with Crippen molar-refractivity contribution in [1.82, 2.24) is 0 Å². The van der Waals surface area contributed by atoms with E-state index in [1.807, 2.05) is 24.3 Å². The second-order valence-corrected chi connectivity index (χ2v) is 13.7. The summed E-state index contributed by atoms with van der Waals surface area (Å²) in [6.07, 6.45) is 2.86. The second-order valence-electron chi connectivity index (χ2n) is 13.7. The Morgan fingerprint density at radius 3 is 1.74 bits per heavy atom. The van der Waals surface area contributed by atoms with Crippen LogP contribution in [0.4, 0.5) is 0 Å². The van der Waals surface area contributed by atoms with Gasteiger partial charge in [-0.3, -0.25) is 0 Å². The summed E-state index contributed by atoms with van der Waals surface area (Å²) in [6.45, 7) is 0. The molecule has 0 N–H and O–H groups in total. The van der Waals surface area contributed by atoms with Crippen LogP contribution in [0, 0.1) is 0 Å². The van der Waals surface area contributed by atoms with Gasteiger partial charge in [-0.1, -0.05) is 176 Å². The zero-order valence-electron chi connectivity index (χ0n) is 29.5. The summed E-state index contributed by atoms with van der Waals surface area (Å²) in [7, 11) is 0. The predicted octanol–water partition coefficient (Wildman–Crippen LogP) is 13.4. The van der Waals surface area contributed by atoms with Crippen molar-refractivity contribution in [1.29, 1.82) is 0 Å². The van der Waals surface area contributed by atoms with Crippen LogP contribution in [0.1, 0.15) is 23.1 Å². The SMILES string of the molecule is C1=C(c2ccc(-c3ccccc3)cc2)N=C(c2ccc(-c3ccc(-c4cccc5ccccc45)cc3)c3oc4ccccc4c23)N=C(c2ccccc2)C1. The van der Waals surface area contributed by atoms with Crippen molar-refractivity contribution in [3.63, 3.8) is 0 Å². The fourth-order valence-electron chi connectivity index (χ4n) is 7.68. The van der Waals surface area contributed by atoms with Crippen LogP contribution in [-0.4, -0.2) is 11.5 Å². The Labute approximate surface area is 313 Å². The highest BCUT2D eigenvalue weighted by molar-refractivity contribution is 6.24. The summed E-state index contributed by atoms with van der Waals surface area (Å²) in [4.78, 5) is 10.7. The van der Waals surface area contributed by atoms with Crippen LogP contribution in [0.5, 0.6) is 0 Å².